The van der Waals surface area contributed by atoms with Gasteiger partial charge < -0.3 is 14.9 Å². The van der Waals surface area contributed by atoms with Gasteiger partial charge in [0.1, 0.15) is 0 Å². The van der Waals surface area contributed by atoms with Crippen LogP contribution in [-0.4, -0.2) is 48.2 Å². The van der Waals surface area contributed by atoms with Crippen molar-refractivity contribution in [3.63, 3.8) is 0 Å². The number of carboxylic acid groups (broad SMARTS) is 1. The van der Waals surface area contributed by atoms with Gasteiger partial charge in [0.15, 0.2) is 11.6 Å². The predicted molar refractivity (Wildman–Crippen MR) is 78.2 cm³/mol. The molecule has 0 aliphatic carbocycles. The van der Waals surface area contributed by atoms with E-state index < -0.39 is 11.4 Å². The highest BCUT2D eigenvalue weighted by molar-refractivity contribution is 5.76. The van der Waals surface area contributed by atoms with E-state index in [1.54, 1.807) is 12.4 Å². The predicted octanol–water partition coefficient (Wildman–Crippen LogP) is 1.62. The molecule has 1 fully saturated rings. The van der Waals surface area contributed by atoms with E-state index in [0.717, 1.165) is 31.0 Å². The minimum atomic E-state index is -0.708. The van der Waals surface area contributed by atoms with E-state index in [-0.39, 0.29) is 0 Å². The Labute approximate surface area is 119 Å². The fourth-order valence-electron chi connectivity index (χ4n) is 2.79. The number of piperidine rings is 1. The lowest BCUT2D eigenvalue weighted by Gasteiger charge is -2.40. The van der Waals surface area contributed by atoms with Crippen molar-refractivity contribution >= 4 is 17.6 Å². The molecule has 6 heteroatoms. The summed E-state index contributed by atoms with van der Waals surface area (Å²) in [6, 6.07) is 0. The van der Waals surface area contributed by atoms with Gasteiger partial charge in [0.05, 0.1) is 5.41 Å². The highest BCUT2D eigenvalue weighted by Crippen LogP contribution is 2.37. The second-order valence-electron chi connectivity index (χ2n) is 5.56. The average molecular weight is 278 g/mol. The van der Waals surface area contributed by atoms with Crippen LogP contribution in [0.25, 0.3) is 0 Å². The summed E-state index contributed by atoms with van der Waals surface area (Å²) >= 11 is 0. The molecule has 110 valence electrons. The summed E-state index contributed by atoms with van der Waals surface area (Å²) in [4.78, 5) is 24.4. The van der Waals surface area contributed by atoms with Crippen LogP contribution in [0.3, 0.4) is 0 Å². The van der Waals surface area contributed by atoms with Gasteiger partial charge in [0, 0.05) is 39.6 Å². The van der Waals surface area contributed by atoms with E-state index in [9.17, 15) is 9.90 Å². The lowest BCUT2D eigenvalue weighted by atomic mass is 9.77. The Morgan fingerprint density at radius 3 is 2.75 bits per heavy atom. The maximum absolute atomic E-state index is 11.6. The summed E-state index contributed by atoms with van der Waals surface area (Å²) in [7, 11) is 3.84. The highest BCUT2D eigenvalue weighted by Gasteiger charge is 2.41. The number of carboxylic acids is 1. The molecule has 2 heterocycles. The Morgan fingerprint density at radius 1 is 1.45 bits per heavy atom. The normalized spacial score (nSPS) is 22.6. The maximum atomic E-state index is 11.6. The Hall–Kier alpha value is -1.85. The van der Waals surface area contributed by atoms with Crippen LogP contribution in [0.1, 0.15) is 26.2 Å². The number of carbonyl (C=O) groups is 1. The molecule has 0 amide bonds. The van der Waals surface area contributed by atoms with Crippen LogP contribution in [0.5, 0.6) is 0 Å². The van der Waals surface area contributed by atoms with Crippen molar-refractivity contribution in [3.8, 4) is 0 Å². The standard InChI is InChI=1S/C14H22N4O2/c1-4-14(13(19)20)6-5-9-18(10-14)12-11(17(2)3)15-7-8-16-12/h7-8H,4-6,9-10H2,1-3H3,(H,19,20)/t14-/m0/s1. The van der Waals surface area contributed by atoms with Gasteiger partial charge in [0.25, 0.3) is 0 Å². The van der Waals surface area contributed by atoms with Crippen molar-refractivity contribution < 1.29 is 9.90 Å². The molecule has 1 saturated heterocycles. The van der Waals surface area contributed by atoms with Crippen molar-refractivity contribution in [1.82, 2.24) is 9.97 Å². The summed E-state index contributed by atoms with van der Waals surface area (Å²) in [5.41, 5.74) is -0.667. The molecule has 1 aromatic rings. The maximum Gasteiger partial charge on any atom is 0.311 e. The van der Waals surface area contributed by atoms with Gasteiger partial charge >= 0.3 is 5.97 Å². The minimum Gasteiger partial charge on any atom is -0.481 e. The number of hydrogen-bond acceptors (Lipinski definition) is 5. The molecule has 0 radical (unpaired) electrons. The second-order valence-corrected chi connectivity index (χ2v) is 5.56. The van der Waals surface area contributed by atoms with E-state index in [1.807, 2.05) is 25.9 Å². The number of rotatable bonds is 4. The number of hydrogen-bond donors (Lipinski definition) is 1. The van der Waals surface area contributed by atoms with Gasteiger partial charge in [-0.2, -0.15) is 0 Å². The summed E-state index contributed by atoms with van der Waals surface area (Å²) in [5, 5.41) is 9.56. The van der Waals surface area contributed by atoms with Crippen molar-refractivity contribution in [2.75, 3.05) is 37.0 Å². The van der Waals surface area contributed by atoms with Gasteiger partial charge in [-0.3, -0.25) is 4.79 Å². The Balaban J connectivity index is 2.32. The molecule has 1 N–H and O–H groups in total. The smallest absolute Gasteiger partial charge is 0.311 e. The van der Waals surface area contributed by atoms with Gasteiger partial charge in [-0.1, -0.05) is 6.92 Å². The second kappa shape index (κ2) is 5.64. The zero-order valence-electron chi connectivity index (χ0n) is 12.3. The highest BCUT2D eigenvalue weighted by atomic mass is 16.4. The first-order chi connectivity index (χ1) is 9.50. The zero-order valence-corrected chi connectivity index (χ0v) is 12.3. The third-order valence-corrected chi connectivity index (χ3v) is 4.09. The van der Waals surface area contributed by atoms with Gasteiger partial charge in [-0.25, -0.2) is 9.97 Å². The molecule has 2 rings (SSSR count). The van der Waals surface area contributed by atoms with Crippen LogP contribution in [0.4, 0.5) is 11.6 Å². The number of aromatic nitrogens is 2. The number of nitrogens with zero attached hydrogens (tertiary/aromatic N) is 4. The molecular weight excluding hydrogens is 256 g/mol. The largest absolute Gasteiger partial charge is 0.481 e. The average Bonchev–Trinajstić information content (AvgIpc) is 2.47. The molecule has 0 bridgehead atoms. The molecule has 0 saturated carbocycles. The van der Waals surface area contributed by atoms with E-state index in [0.29, 0.717) is 13.0 Å². The summed E-state index contributed by atoms with van der Waals surface area (Å²) < 4.78 is 0. The monoisotopic (exact) mass is 278 g/mol. The van der Waals surface area contributed by atoms with Crippen LogP contribution in [0.15, 0.2) is 12.4 Å². The third kappa shape index (κ3) is 2.55. The van der Waals surface area contributed by atoms with Crippen molar-refractivity contribution in [2.45, 2.75) is 26.2 Å². The van der Waals surface area contributed by atoms with E-state index >= 15 is 0 Å². The first kappa shape index (κ1) is 14.6. The fraction of sp³-hybridized carbons (Fsp3) is 0.643. The van der Waals surface area contributed by atoms with Crippen LogP contribution in [0.2, 0.25) is 0 Å². The van der Waals surface area contributed by atoms with Crippen LogP contribution in [0, 0.1) is 5.41 Å². The summed E-state index contributed by atoms with van der Waals surface area (Å²) in [6.45, 7) is 3.27. The van der Waals surface area contributed by atoms with E-state index in [1.165, 1.54) is 0 Å². The lowest BCUT2D eigenvalue weighted by molar-refractivity contribution is -0.149. The SMILES string of the molecule is CC[C@]1(C(=O)O)CCCN(c2nccnc2N(C)C)C1. The molecule has 0 unspecified atom stereocenters. The molecule has 0 aromatic carbocycles. The molecular formula is C14H22N4O2. The van der Waals surface area contributed by atoms with Crippen LogP contribution in [-0.2, 0) is 4.79 Å². The van der Waals surface area contributed by atoms with Crippen molar-refractivity contribution in [2.24, 2.45) is 5.41 Å². The Kier molecular flexibility index (Phi) is 4.11. The first-order valence-electron chi connectivity index (χ1n) is 6.97. The van der Waals surface area contributed by atoms with E-state index in [4.69, 9.17) is 0 Å². The van der Waals surface area contributed by atoms with Gasteiger partial charge in [-0.15, -0.1) is 0 Å². The van der Waals surface area contributed by atoms with Gasteiger partial charge in [0.2, 0.25) is 0 Å². The van der Waals surface area contributed by atoms with Crippen LogP contribution < -0.4 is 9.80 Å². The van der Waals surface area contributed by atoms with Crippen molar-refractivity contribution in [1.29, 1.82) is 0 Å². The first-order valence-corrected chi connectivity index (χ1v) is 6.97. The molecule has 1 aromatic heterocycles. The molecule has 1 aliphatic heterocycles. The lowest BCUT2D eigenvalue weighted by Crippen LogP contribution is -2.48. The van der Waals surface area contributed by atoms with Crippen LogP contribution >= 0.6 is 0 Å². The molecule has 0 spiro atoms. The van der Waals surface area contributed by atoms with Crippen molar-refractivity contribution in [3.05, 3.63) is 12.4 Å². The topological polar surface area (TPSA) is 69.6 Å². The molecule has 6 nitrogen and oxygen atoms in total. The number of anilines is 2. The minimum absolute atomic E-state index is 0.498. The van der Waals surface area contributed by atoms with E-state index in [2.05, 4.69) is 14.9 Å². The summed E-state index contributed by atoms with van der Waals surface area (Å²) in [5.74, 6) is 0.848. The fourth-order valence-corrected chi connectivity index (χ4v) is 2.79. The molecule has 20 heavy (non-hydrogen) atoms. The molecule has 1 aliphatic rings. The molecule has 1 atom stereocenters. The quantitative estimate of drug-likeness (QED) is 0.902. The Morgan fingerprint density at radius 2 is 2.15 bits per heavy atom. The summed E-state index contributed by atoms with van der Waals surface area (Å²) in [6.07, 6.45) is 5.55. The third-order valence-electron chi connectivity index (χ3n) is 4.09. The number of aliphatic carboxylic acids is 1. The Bertz CT molecular complexity index is 492. The van der Waals surface area contributed by atoms with Gasteiger partial charge in [-0.05, 0) is 19.3 Å². The zero-order chi connectivity index (χ0) is 14.8.